The van der Waals surface area contributed by atoms with Crippen LogP contribution in [0, 0.1) is 0 Å². The number of amides is 1. The van der Waals surface area contributed by atoms with Crippen molar-refractivity contribution in [1.29, 1.82) is 0 Å². The number of benzene rings is 2. The molecule has 5 nitrogen and oxygen atoms in total. The summed E-state index contributed by atoms with van der Waals surface area (Å²) in [4.78, 5) is 16.5. The Morgan fingerprint density at radius 2 is 1.83 bits per heavy atom. The third kappa shape index (κ3) is 3.04. The van der Waals surface area contributed by atoms with Gasteiger partial charge >= 0.3 is 0 Å². The monoisotopic (exact) mass is 308 g/mol. The highest BCUT2D eigenvalue weighted by atomic mass is 16.2. The van der Waals surface area contributed by atoms with Crippen LogP contribution in [-0.4, -0.2) is 42.1 Å². The molecule has 23 heavy (non-hydrogen) atoms. The Bertz CT molecular complexity index is 820. The molecule has 0 spiro atoms. The number of anilines is 1. The fourth-order valence-electron chi connectivity index (χ4n) is 2.60. The maximum Gasteiger partial charge on any atom is 0.256 e. The van der Waals surface area contributed by atoms with Crippen molar-refractivity contribution < 1.29 is 4.79 Å². The van der Waals surface area contributed by atoms with E-state index < -0.39 is 0 Å². The van der Waals surface area contributed by atoms with E-state index in [1.807, 2.05) is 39.3 Å². The third-order valence-corrected chi connectivity index (χ3v) is 3.93. The number of fused-ring (bicyclic) bond motifs is 1. The first-order valence-electron chi connectivity index (χ1n) is 7.50. The average Bonchev–Trinajstić information content (AvgIpc) is 3.03. The molecule has 0 aliphatic rings. The van der Waals surface area contributed by atoms with Crippen molar-refractivity contribution in [3.63, 3.8) is 0 Å². The summed E-state index contributed by atoms with van der Waals surface area (Å²) in [5, 5.41) is 7.86. The molecule has 1 N–H and O–H groups in total. The lowest BCUT2D eigenvalue weighted by Gasteiger charge is -2.19. The summed E-state index contributed by atoms with van der Waals surface area (Å²) in [5.74, 6) is -0.0171. The Labute approximate surface area is 135 Å². The summed E-state index contributed by atoms with van der Waals surface area (Å²) in [6, 6.07) is 13.9. The minimum Gasteiger partial charge on any atom is -0.378 e. The second-order valence-corrected chi connectivity index (χ2v) is 5.86. The molecular weight excluding hydrogens is 288 g/mol. The van der Waals surface area contributed by atoms with Gasteiger partial charge in [-0.3, -0.25) is 9.89 Å². The molecule has 2 aromatic carbocycles. The fourth-order valence-corrected chi connectivity index (χ4v) is 2.60. The number of H-pyrrole nitrogens is 1. The number of aromatic amines is 1. The highest BCUT2D eigenvalue weighted by molar-refractivity contribution is 6.05. The van der Waals surface area contributed by atoms with E-state index in [2.05, 4.69) is 39.4 Å². The molecule has 0 unspecified atom stereocenters. The van der Waals surface area contributed by atoms with E-state index in [4.69, 9.17) is 0 Å². The lowest BCUT2D eigenvalue weighted by Crippen LogP contribution is -2.26. The van der Waals surface area contributed by atoms with Crippen LogP contribution >= 0.6 is 0 Å². The minimum absolute atomic E-state index is 0.0171. The molecule has 0 radical (unpaired) electrons. The highest BCUT2D eigenvalue weighted by Gasteiger charge is 2.16. The number of aromatic nitrogens is 2. The van der Waals surface area contributed by atoms with Gasteiger partial charge in [0.25, 0.3) is 5.91 Å². The van der Waals surface area contributed by atoms with Crippen LogP contribution in [0.4, 0.5) is 5.69 Å². The second-order valence-electron chi connectivity index (χ2n) is 5.86. The van der Waals surface area contributed by atoms with Crippen LogP contribution in [0.3, 0.4) is 0 Å². The Morgan fingerprint density at radius 3 is 2.52 bits per heavy atom. The Morgan fingerprint density at radius 1 is 1.09 bits per heavy atom. The van der Waals surface area contributed by atoms with Crippen molar-refractivity contribution in [2.75, 3.05) is 26.0 Å². The number of carbonyl (C=O) groups is 1. The number of nitrogens with one attached hydrogen (secondary N) is 1. The van der Waals surface area contributed by atoms with Gasteiger partial charge in [-0.25, -0.2) is 0 Å². The van der Waals surface area contributed by atoms with Crippen LogP contribution in [0.2, 0.25) is 0 Å². The topological polar surface area (TPSA) is 52.2 Å². The van der Waals surface area contributed by atoms with E-state index in [1.54, 1.807) is 11.1 Å². The van der Waals surface area contributed by atoms with Crippen LogP contribution in [0.25, 0.3) is 10.9 Å². The summed E-state index contributed by atoms with van der Waals surface area (Å²) < 4.78 is 0. The smallest absolute Gasteiger partial charge is 0.256 e. The molecular formula is C18H20N4O. The van der Waals surface area contributed by atoms with E-state index in [0.717, 1.165) is 22.2 Å². The zero-order valence-corrected chi connectivity index (χ0v) is 13.6. The van der Waals surface area contributed by atoms with Crippen LogP contribution < -0.4 is 4.90 Å². The van der Waals surface area contributed by atoms with Gasteiger partial charge in [-0.15, -0.1) is 0 Å². The van der Waals surface area contributed by atoms with Gasteiger partial charge in [-0.1, -0.05) is 24.3 Å². The molecule has 0 fully saturated rings. The molecule has 118 valence electrons. The van der Waals surface area contributed by atoms with Crippen LogP contribution in [-0.2, 0) is 6.54 Å². The lowest BCUT2D eigenvalue weighted by molar-refractivity contribution is 0.0787. The Kier molecular flexibility index (Phi) is 4.02. The van der Waals surface area contributed by atoms with Gasteiger partial charge in [0.1, 0.15) is 0 Å². The molecule has 0 saturated carbocycles. The SMILES string of the molecule is CN(Cc1ccc(N(C)C)cc1)C(=O)c1cccc2cn[nH]c12. The van der Waals surface area contributed by atoms with Gasteiger partial charge in [0.15, 0.2) is 0 Å². The fraction of sp³-hybridized carbons (Fsp3) is 0.222. The standard InChI is InChI=1S/C18H20N4O/c1-21(2)15-9-7-13(8-10-15)12-22(3)18(23)16-6-4-5-14-11-19-20-17(14)16/h4-11H,12H2,1-3H3,(H,19,20). The summed E-state index contributed by atoms with van der Waals surface area (Å²) >= 11 is 0. The molecule has 0 bridgehead atoms. The first-order valence-corrected chi connectivity index (χ1v) is 7.50. The van der Waals surface area contributed by atoms with Crippen molar-refractivity contribution >= 4 is 22.5 Å². The number of nitrogens with zero attached hydrogens (tertiary/aromatic N) is 3. The maximum atomic E-state index is 12.7. The third-order valence-electron chi connectivity index (χ3n) is 3.93. The maximum absolute atomic E-state index is 12.7. The van der Waals surface area contributed by atoms with Gasteiger partial charge in [-0.05, 0) is 23.8 Å². The number of para-hydroxylation sites is 1. The lowest BCUT2D eigenvalue weighted by atomic mass is 10.1. The highest BCUT2D eigenvalue weighted by Crippen LogP contribution is 2.19. The Hall–Kier alpha value is -2.82. The van der Waals surface area contributed by atoms with E-state index >= 15 is 0 Å². The largest absolute Gasteiger partial charge is 0.378 e. The van der Waals surface area contributed by atoms with Crippen molar-refractivity contribution in [2.24, 2.45) is 0 Å². The molecule has 1 amide bonds. The number of hydrogen-bond acceptors (Lipinski definition) is 3. The van der Waals surface area contributed by atoms with Crippen LogP contribution in [0.15, 0.2) is 48.7 Å². The summed E-state index contributed by atoms with van der Waals surface area (Å²) in [6.07, 6.45) is 1.73. The second kappa shape index (κ2) is 6.12. The summed E-state index contributed by atoms with van der Waals surface area (Å²) in [5.41, 5.74) is 3.67. The molecule has 3 rings (SSSR count). The van der Waals surface area contributed by atoms with E-state index in [1.165, 1.54) is 0 Å². The van der Waals surface area contributed by atoms with Gasteiger partial charge < -0.3 is 9.80 Å². The first kappa shape index (κ1) is 15.1. The molecule has 3 aromatic rings. The molecule has 5 heteroatoms. The molecule has 1 heterocycles. The quantitative estimate of drug-likeness (QED) is 0.806. The first-order chi connectivity index (χ1) is 11.1. The zero-order chi connectivity index (χ0) is 16.4. The van der Waals surface area contributed by atoms with Crippen molar-refractivity contribution in [3.8, 4) is 0 Å². The minimum atomic E-state index is -0.0171. The molecule has 0 saturated heterocycles. The van der Waals surface area contributed by atoms with Gasteiger partial charge in [0.05, 0.1) is 17.3 Å². The molecule has 1 aromatic heterocycles. The van der Waals surface area contributed by atoms with Gasteiger partial charge in [0, 0.05) is 38.8 Å². The summed E-state index contributed by atoms with van der Waals surface area (Å²) in [6.45, 7) is 0.567. The Balaban J connectivity index is 1.78. The predicted octanol–water partition coefficient (Wildman–Crippen LogP) is 2.90. The van der Waals surface area contributed by atoms with Crippen molar-refractivity contribution in [1.82, 2.24) is 15.1 Å². The number of hydrogen-bond donors (Lipinski definition) is 1. The molecule has 0 aliphatic carbocycles. The van der Waals surface area contributed by atoms with E-state index in [9.17, 15) is 4.79 Å². The van der Waals surface area contributed by atoms with Crippen LogP contribution in [0.5, 0.6) is 0 Å². The van der Waals surface area contributed by atoms with Crippen LogP contribution in [0.1, 0.15) is 15.9 Å². The van der Waals surface area contributed by atoms with E-state index in [0.29, 0.717) is 12.1 Å². The van der Waals surface area contributed by atoms with Crippen molar-refractivity contribution in [2.45, 2.75) is 6.54 Å². The van der Waals surface area contributed by atoms with Gasteiger partial charge in [-0.2, -0.15) is 5.10 Å². The van der Waals surface area contributed by atoms with E-state index in [-0.39, 0.29) is 5.91 Å². The zero-order valence-electron chi connectivity index (χ0n) is 13.6. The van der Waals surface area contributed by atoms with Crippen molar-refractivity contribution in [3.05, 3.63) is 59.8 Å². The summed E-state index contributed by atoms with van der Waals surface area (Å²) in [7, 11) is 5.84. The molecule has 0 atom stereocenters. The number of carbonyl (C=O) groups excluding carboxylic acids is 1. The predicted molar refractivity (Wildman–Crippen MR) is 92.7 cm³/mol. The van der Waals surface area contributed by atoms with Gasteiger partial charge in [0.2, 0.25) is 0 Å². The number of rotatable bonds is 4. The average molecular weight is 308 g/mol. The molecule has 0 aliphatic heterocycles. The normalized spacial score (nSPS) is 10.7.